The molecule has 0 bridgehead atoms. The van der Waals surface area contributed by atoms with E-state index in [-0.39, 0.29) is 11.4 Å². The lowest BCUT2D eigenvalue weighted by molar-refractivity contribution is 0.351. The van der Waals surface area contributed by atoms with Crippen molar-refractivity contribution in [1.82, 2.24) is 19.3 Å². The number of rotatable bonds is 6. The number of hydrogen-bond donors (Lipinski definition) is 1. The molecule has 0 radical (unpaired) electrons. The van der Waals surface area contributed by atoms with E-state index < -0.39 is 10.0 Å². The van der Waals surface area contributed by atoms with Crippen molar-refractivity contribution in [2.75, 3.05) is 6.54 Å². The zero-order valence-corrected chi connectivity index (χ0v) is 17.1. The number of sulfonamides is 1. The van der Waals surface area contributed by atoms with E-state index in [1.165, 1.54) is 31.4 Å². The van der Waals surface area contributed by atoms with Crippen LogP contribution in [0.2, 0.25) is 5.02 Å². The Balaban J connectivity index is 1.54. The van der Waals surface area contributed by atoms with E-state index in [9.17, 15) is 8.42 Å². The van der Waals surface area contributed by atoms with Gasteiger partial charge in [0.25, 0.3) is 0 Å². The molecular weight excluding hydrogens is 396 g/mol. The van der Waals surface area contributed by atoms with Gasteiger partial charge in [0.15, 0.2) is 5.65 Å². The first-order valence-corrected chi connectivity index (χ1v) is 11.5. The highest BCUT2D eigenvalue weighted by Crippen LogP contribution is 2.32. The van der Waals surface area contributed by atoms with Crippen LogP contribution in [0.4, 0.5) is 0 Å². The normalized spacial score (nSPS) is 15.9. The first-order valence-electron chi connectivity index (χ1n) is 9.62. The highest BCUT2D eigenvalue weighted by Gasteiger charge is 2.22. The Bertz CT molecular complexity index is 1060. The zero-order valence-electron chi connectivity index (χ0n) is 15.5. The van der Waals surface area contributed by atoms with Crippen LogP contribution < -0.4 is 4.72 Å². The molecule has 3 aromatic rings. The number of nitrogens with zero attached hydrogens (tertiary/aromatic N) is 3. The van der Waals surface area contributed by atoms with Gasteiger partial charge in [0, 0.05) is 30.2 Å². The minimum atomic E-state index is -3.58. The fraction of sp³-hybridized carbons (Fsp3) is 0.400. The van der Waals surface area contributed by atoms with Crippen molar-refractivity contribution in [3.63, 3.8) is 0 Å². The third-order valence-electron chi connectivity index (χ3n) is 5.23. The number of imidazole rings is 1. The molecule has 2 aromatic heterocycles. The van der Waals surface area contributed by atoms with Crippen LogP contribution in [-0.2, 0) is 16.4 Å². The molecule has 1 N–H and O–H groups in total. The Labute approximate surface area is 170 Å². The van der Waals surface area contributed by atoms with Crippen LogP contribution in [0.5, 0.6) is 0 Å². The number of pyridine rings is 1. The third kappa shape index (κ3) is 4.06. The number of aromatic nitrogens is 3. The van der Waals surface area contributed by atoms with Crippen molar-refractivity contribution in [1.29, 1.82) is 0 Å². The fourth-order valence-corrected chi connectivity index (χ4v) is 5.03. The van der Waals surface area contributed by atoms with E-state index >= 15 is 0 Å². The van der Waals surface area contributed by atoms with Crippen LogP contribution >= 0.6 is 11.6 Å². The topological polar surface area (TPSA) is 76.9 Å². The van der Waals surface area contributed by atoms with Crippen molar-refractivity contribution >= 4 is 32.8 Å². The van der Waals surface area contributed by atoms with Crippen LogP contribution in [0.1, 0.15) is 44.0 Å². The molecule has 1 aliphatic carbocycles. The van der Waals surface area contributed by atoms with E-state index in [1.807, 2.05) is 12.1 Å². The van der Waals surface area contributed by atoms with Crippen molar-refractivity contribution in [3.8, 4) is 0 Å². The number of fused-ring (bicyclic) bond motifs is 1. The lowest BCUT2D eigenvalue weighted by Crippen LogP contribution is -2.27. The molecule has 4 rings (SSSR count). The Morgan fingerprint density at radius 2 is 1.86 bits per heavy atom. The number of halogens is 1. The zero-order chi connectivity index (χ0) is 19.6. The van der Waals surface area contributed by atoms with Crippen LogP contribution in [0, 0.1) is 0 Å². The highest BCUT2D eigenvalue weighted by molar-refractivity contribution is 7.89. The Morgan fingerprint density at radius 3 is 2.61 bits per heavy atom. The molecule has 2 heterocycles. The molecule has 6 nitrogen and oxygen atoms in total. The molecule has 0 amide bonds. The summed E-state index contributed by atoms with van der Waals surface area (Å²) in [5.41, 5.74) is 1.76. The average molecular weight is 419 g/mol. The highest BCUT2D eigenvalue weighted by atomic mass is 35.5. The second-order valence-corrected chi connectivity index (χ2v) is 9.34. The largest absolute Gasteiger partial charge is 0.310 e. The Kier molecular flexibility index (Phi) is 5.66. The van der Waals surface area contributed by atoms with Gasteiger partial charge in [-0.05, 0) is 49.2 Å². The molecule has 8 heteroatoms. The summed E-state index contributed by atoms with van der Waals surface area (Å²) < 4.78 is 29.9. The molecule has 1 fully saturated rings. The predicted molar refractivity (Wildman–Crippen MR) is 110 cm³/mol. The molecule has 1 saturated carbocycles. The lowest BCUT2D eigenvalue weighted by Gasteiger charge is -2.25. The summed E-state index contributed by atoms with van der Waals surface area (Å²) in [6.07, 6.45) is 8.22. The van der Waals surface area contributed by atoms with Gasteiger partial charge < -0.3 is 4.57 Å². The van der Waals surface area contributed by atoms with Crippen LogP contribution in [0.25, 0.3) is 11.2 Å². The lowest BCUT2D eigenvalue weighted by atomic mass is 9.95. The van der Waals surface area contributed by atoms with Crippen LogP contribution in [0.15, 0.2) is 47.5 Å². The van der Waals surface area contributed by atoms with E-state index in [4.69, 9.17) is 16.6 Å². The molecule has 0 spiro atoms. The van der Waals surface area contributed by atoms with Crippen LogP contribution in [-0.4, -0.2) is 29.5 Å². The molecule has 28 heavy (non-hydrogen) atoms. The van der Waals surface area contributed by atoms with Gasteiger partial charge in [0.1, 0.15) is 11.3 Å². The van der Waals surface area contributed by atoms with E-state index in [1.54, 1.807) is 18.3 Å². The standard InChI is InChI=1S/C20H23ClN4O2S/c21-15-8-10-17(11-9-15)28(26,27)23-14-12-19-24-18-7-4-13-22-20(18)25(19)16-5-2-1-3-6-16/h4,7-11,13,16,23H,1-3,5-6,12,14H2. The summed E-state index contributed by atoms with van der Waals surface area (Å²) in [6, 6.07) is 10.4. The number of hydrogen-bond acceptors (Lipinski definition) is 4. The summed E-state index contributed by atoms with van der Waals surface area (Å²) in [5.74, 6) is 0.888. The van der Waals surface area contributed by atoms with E-state index in [0.717, 1.165) is 29.8 Å². The first-order chi connectivity index (χ1) is 13.5. The van der Waals surface area contributed by atoms with Crippen molar-refractivity contribution in [2.24, 2.45) is 0 Å². The number of benzene rings is 1. The van der Waals surface area contributed by atoms with Gasteiger partial charge >= 0.3 is 0 Å². The van der Waals surface area contributed by atoms with Gasteiger partial charge in [-0.2, -0.15) is 0 Å². The summed E-state index contributed by atoms with van der Waals surface area (Å²) >= 11 is 5.84. The minimum absolute atomic E-state index is 0.208. The molecule has 0 aliphatic heterocycles. The molecular formula is C20H23ClN4O2S. The quantitative estimate of drug-likeness (QED) is 0.653. The summed E-state index contributed by atoms with van der Waals surface area (Å²) in [4.78, 5) is 9.49. The van der Waals surface area contributed by atoms with Crippen LogP contribution in [0.3, 0.4) is 0 Å². The fourth-order valence-electron chi connectivity index (χ4n) is 3.87. The number of nitrogens with one attached hydrogen (secondary N) is 1. The second kappa shape index (κ2) is 8.19. The Hall–Kier alpha value is -1.96. The third-order valence-corrected chi connectivity index (χ3v) is 6.96. The van der Waals surface area contributed by atoms with Gasteiger partial charge in [0.05, 0.1) is 4.90 Å². The summed E-state index contributed by atoms with van der Waals surface area (Å²) in [5, 5.41) is 0.507. The Morgan fingerprint density at radius 1 is 1.11 bits per heavy atom. The predicted octanol–water partition coefficient (Wildman–Crippen LogP) is 4.11. The van der Waals surface area contributed by atoms with Crippen molar-refractivity contribution in [2.45, 2.75) is 49.5 Å². The van der Waals surface area contributed by atoms with Gasteiger partial charge in [-0.15, -0.1) is 0 Å². The average Bonchev–Trinajstić information content (AvgIpc) is 3.07. The molecule has 0 atom stereocenters. The van der Waals surface area contributed by atoms with Gasteiger partial charge in [-0.25, -0.2) is 23.1 Å². The van der Waals surface area contributed by atoms with E-state index in [0.29, 0.717) is 17.5 Å². The second-order valence-electron chi connectivity index (χ2n) is 7.14. The van der Waals surface area contributed by atoms with E-state index in [2.05, 4.69) is 14.3 Å². The molecule has 0 saturated heterocycles. The van der Waals surface area contributed by atoms with Crippen molar-refractivity contribution in [3.05, 3.63) is 53.4 Å². The summed E-state index contributed by atoms with van der Waals surface area (Å²) in [6.45, 7) is 0.279. The SMILES string of the molecule is O=S(=O)(NCCc1nc2cccnc2n1C1CCCCC1)c1ccc(Cl)cc1. The smallest absolute Gasteiger partial charge is 0.240 e. The minimum Gasteiger partial charge on any atom is -0.310 e. The maximum Gasteiger partial charge on any atom is 0.240 e. The summed E-state index contributed by atoms with van der Waals surface area (Å²) in [7, 11) is -3.58. The maximum atomic E-state index is 12.5. The van der Waals surface area contributed by atoms with Crippen molar-refractivity contribution < 1.29 is 8.42 Å². The molecule has 1 aliphatic rings. The molecule has 1 aromatic carbocycles. The first kappa shape index (κ1) is 19.4. The monoisotopic (exact) mass is 418 g/mol. The maximum absolute atomic E-state index is 12.5. The molecule has 0 unspecified atom stereocenters. The van der Waals surface area contributed by atoms with Gasteiger partial charge in [-0.1, -0.05) is 30.9 Å². The van der Waals surface area contributed by atoms with Gasteiger partial charge in [0.2, 0.25) is 10.0 Å². The molecule has 148 valence electrons. The van der Waals surface area contributed by atoms with Gasteiger partial charge in [-0.3, -0.25) is 0 Å².